The molecule has 0 bridgehead atoms. The molecule has 0 radical (unpaired) electrons. The van der Waals surface area contributed by atoms with E-state index in [1.165, 1.54) is 5.56 Å². The van der Waals surface area contributed by atoms with Crippen LogP contribution in [0.4, 0.5) is 5.69 Å². The van der Waals surface area contributed by atoms with E-state index in [9.17, 15) is 0 Å². The highest BCUT2D eigenvalue weighted by atomic mass is 15.3. The number of hydrogen-bond acceptors (Lipinski definition) is 3. The van der Waals surface area contributed by atoms with E-state index in [4.69, 9.17) is 5.73 Å². The molecule has 0 saturated heterocycles. The van der Waals surface area contributed by atoms with Gasteiger partial charge in [-0.25, -0.2) is 0 Å². The summed E-state index contributed by atoms with van der Waals surface area (Å²) in [5.74, 6) is 1.63. The lowest BCUT2D eigenvalue weighted by Crippen LogP contribution is -2.09. The number of aromatic nitrogens is 3. The number of nitrogen functional groups attached to an aromatic ring is 1. The Morgan fingerprint density at radius 1 is 1.22 bits per heavy atom. The molecular formula is C14H20N4. The van der Waals surface area contributed by atoms with Gasteiger partial charge in [0.05, 0.1) is 0 Å². The molecule has 2 rings (SSSR count). The minimum atomic E-state index is 0.599. The minimum Gasteiger partial charge on any atom is -0.399 e. The van der Waals surface area contributed by atoms with Crippen molar-refractivity contribution in [3.8, 4) is 0 Å². The summed E-state index contributed by atoms with van der Waals surface area (Å²) in [6.45, 7) is 5.35. The van der Waals surface area contributed by atoms with Crippen molar-refractivity contribution in [3.05, 3.63) is 42.0 Å². The van der Waals surface area contributed by atoms with Crippen LogP contribution in [0.25, 0.3) is 0 Å². The van der Waals surface area contributed by atoms with Crippen LogP contribution in [0.1, 0.15) is 25.2 Å². The Bertz CT molecular complexity index is 502. The molecule has 0 aliphatic heterocycles. The minimum absolute atomic E-state index is 0.599. The number of nitrogens with two attached hydrogens (primary N) is 1. The SMILES string of the molecule is CC(C)Cn1cnnc1CCc1ccccc1N. The zero-order valence-electron chi connectivity index (χ0n) is 11.0. The van der Waals surface area contributed by atoms with Crippen LogP contribution in [-0.4, -0.2) is 14.8 Å². The van der Waals surface area contributed by atoms with Gasteiger partial charge in [0.15, 0.2) is 0 Å². The maximum Gasteiger partial charge on any atom is 0.133 e. The summed E-state index contributed by atoms with van der Waals surface area (Å²) in [4.78, 5) is 0. The van der Waals surface area contributed by atoms with Crippen molar-refractivity contribution in [1.29, 1.82) is 0 Å². The monoisotopic (exact) mass is 244 g/mol. The van der Waals surface area contributed by atoms with E-state index in [1.807, 2.05) is 24.5 Å². The van der Waals surface area contributed by atoms with E-state index in [2.05, 4.69) is 34.7 Å². The zero-order valence-corrected chi connectivity index (χ0v) is 11.0. The van der Waals surface area contributed by atoms with Gasteiger partial charge in [-0.15, -0.1) is 10.2 Å². The maximum atomic E-state index is 5.94. The highest BCUT2D eigenvalue weighted by Crippen LogP contribution is 2.13. The quantitative estimate of drug-likeness (QED) is 0.821. The fourth-order valence-corrected chi connectivity index (χ4v) is 2.03. The van der Waals surface area contributed by atoms with Crippen LogP contribution in [-0.2, 0) is 19.4 Å². The molecule has 0 atom stereocenters. The molecule has 1 heterocycles. The average molecular weight is 244 g/mol. The van der Waals surface area contributed by atoms with Crippen LogP contribution in [0.3, 0.4) is 0 Å². The van der Waals surface area contributed by atoms with Gasteiger partial charge in [0.2, 0.25) is 0 Å². The zero-order chi connectivity index (χ0) is 13.0. The first-order valence-corrected chi connectivity index (χ1v) is 6.37. The van der Waals surface area contributed by atoms with Gasteiger partial charge >= 0.3 is 0 Å². The third kappa shape index (κ3) is 3.09. The molecule has 4 nitrogen and oxygen atoms in total. The molecule has 18 heavy (non-hydrogen) atoms. The van der Waals surface area contributed by atoms with Gasteiger partial charge in [0, 0.05) is 18.7 Å². The molecule has 0 saturated carbocycles. The third-order valence-electron chi connectivity index (χ3n) is 2.93. The molecule has 2 aromatic rings. The van der Waals surface area contributed by atoms with Crippen molar-refractivity contribution in [2.24, 2.45) is 5.92 Å². The first-order chi connectivity index (χ1) is 8.66. The Balaban J connectivity index is 2.02. The van der Waals surface area contributed by atoms with Crippen LogP contribution in [0.2, 0.25) is 0 Å². The summed E-state index contributed by atoms with van der Waals surface area (Å²) < 4.78 is 2.13. The number of nitrogens with zero attached hydrogens (tertiary/aromatic N) is 3. The lowest BCUT2D eigenvalue weighted by molar-refractivity contribution is 0.505. The smallest absolute Gasteiger partial charge is 0.133 e. The molecule has 96 valence electrons. The summed E-state index contributed by atoms with van der Waals surface area (Å²) in [6, 6.07) is 7.98. The second-order valence-electron chi connectivity index (χ2n) is 4.99. The summed E-state index contributed by atoms with van der Waals surface area (Å²) in [5.41, 5.74) is 7.97. The van der Waals surface area contributed by atoms with Crippen molar-refractivity contribution in [1.82, 2.24) is 14.8 Å². The van der Waals surface area contributed by atoms with Gasteiger partial charge in [-0.1, -0.05) is 32.0 Å². The van der Waals surface area contributed by atoms with Gasteiger partial charge < -0.3 is 10.3 Å². The van der Waals surface area contributed by atoms with Crippen molar-refractivity contribution in [2.75, 3.05) is 5.73 Å². The van der Waals surface area contributed by atoms with E-state index in [0.717, 1.165) is 30.9 Å². The number of para-hydroxylation sites is 1. The van der Waals surface area contributed by atoms with Crippen molar-refractivity contribution in [3.63, 3.8) is 0 Å². The van der Waals surface area contributed by atoms with Crippen molar-refractivity contribution < 1.29 is 0 Å². The Kier molecular flexibility index (Phi) is 3.97. The van der Waals surface area contributed by atoms with Crippen LogP contribution < -0.4 is 5.73 Å². The molecule has 0 amide bonds. The van der Waals surface area contributed by atoms with Gasteiger partial charge in [0.25, 0.3) is 0 Å². The van der Waals surface area contributed by atoms with Gasteiger partial charge in [-0.2, -0.15) is 0 Å². The topological polar surface area (TPSA) is 56.7 Å². The molecule has 0 unspecified atom stereocenters. The van der Waals surface area contributed by atoms with Gasteiger partial charge in [0.1, 0.15) is 12.2 Å². The van der Waals surface area contributed by atoms with Crippen LogP contribution in [0.15, 0.2) is 30.6 Å². The summed E-state index contributed by atoms with van der Waals surface area (Å²) in [7, 11) is 0. The standard InChI is InChI=1S/C14H20N4/c1-11(2)9-18-10-16-17-14(18)8-7-12-5-3-4-6-13(12)15/h3-6,10-11H,7-9,15H2,1-2H3. The number of benzene rings is 1. The Labute approximate surface area is 108 Å². The highest BCUT2D eigenvalue weighted by Gasteiger charge is 2.07. The average Bonchev–Trinajstić information content (AvgIpc) is 2.75. The lowest BCUT2D eigenvalue weighted by atomic mass is 10.1. The Morgan fingerprint density at radius 3 is 2.72 bits per heavy atom. The second-order valence-corrected chi connectivity index (χ2v) is 4.99. The van der Waals surface area contributed by atoms with Gasteiger partial charge in [-0.3, -0.25) is 0 Å². The number of aryl methyl sites for hydroxylation is 2. The third-order valence-corrected chi connectivity index (χ3v) is 2.93. The van der Waals surface area contributed by atoms with E-state index < -0.39 is 0 Å². The van der Waals surface area contributed by atoms with Gasteiger partial charge in [-0.05, 0) is 24.0 Å². The van der Waals surface area contributed by atoms with E-state index >= 15 is 0 Å². The molecule has 4 heteroatoms. The molecule has 0 spiro atoms. The lowest BCUT2D eigenvalue weighted by Gasteiger charge is -2.09. The second kappa shape index (κ2) is 5.67. The molecule has 1 aromatic carbocycles. The van der Waals surface area contributed by atoms with E-state index in [1.54, 1.807) is 0 Å². The van der Waals surface area contributed by atoms with E-state index in [-0.39, 0.29) is 0 Å². The Morgan fingerprint density at radius 2 is 2.00 bits per heavy atom. The van der Waals surface area contributed by atoms with E-state index in [0.29, 0.717) is 5.92 Å². The van der Waals surface area contributed by atoms with Crippen LogP contribution >= 0.6 is 0 Å². The van der Waals surface area contributed by atoms with Crippen molar-refractivity contribution >= 4 is 5.69 Å². The summed E-state index contributed by atoms with van der Waals surface area (Å²) in [6.07, 6.45) is 3.59. The first-order valence-electron chi connectivity index (χ1n) is 6.37. The molecular weight excluding hydrogens is 224 g/mol. The number of anilines is 1. The maximum absolute atomic E-state index is 5.94. The van der Waals surface area contributed by atoms with Crippen molar-refractivity contribution in [2.45, 2.75) is 33.2 Å². The predicted molar refractivity (Wildman–Crippen MR) is 73.1 cm³/mol. The van der Waals surface area contributed by atoms with Crippen LogP contribution in [0, 0.1) is 5.92 Å². The summed E-state index contributed by atoms with van der Waals surface area (Å²) >= 11 is 0. The number of rotatable bonds is 5. The molecule has 0 aliphatic rings. The highest BCUT2D eigenvalue weighted by molar-refractivity contribution is 5.46. The molecule has 0 aliphatic carbocycles. The fraction of sp³-hybridized carbons (Fsp3) is 0.429. The summed E-state index contributed by atoms with van der Waals surface area (Å²) in [5, 5.41) is 8.18. The first kappa shape index (κ1) is 12.6. The largest absolute Gasteiger partial charge is 0.399 e. The fourth-order valence-electron chi connectivity index (χ4n) is 2.03. The predicted octanol–water partition coefficient (Wildman–Crippen LogP) is 2.30. The molecule has 1 aromatic heterocycles. The van der Waals surface area contributed by atoms with Crippen LogP contribution in [0.5, 0.6) is 0 Å². The molecule has 0 fully saturated rings. The number of hydrogen-bond donors (Lipinski definition) is 1. The normalized spacial score (nSPS) is 11.1. The molecule has 2 N–H and O–H groups in total. The Hall–Kier alpha value is -1.84.